The average molecular weight is 576 g/mol. The van der Waals surface area contributed by atoms with Crippen LogP contribution in [0.1, 0.15) is 46.9 Å². The SMILES string of the molecule is CC1(Cl)C=CC(c2csc(N(Cc3ccc(C(F)(F)F)cc3)c3ccc(C(=O)NCCC(=O)O)cc3)n2)=CC1. The zero-order chi connectivity index (χ0) is 28.2. The van der Waals surface area contributed by atoms with Crippen molar-refractivity contribution in [2.45, 2.75) is 37.4 Å². The first-order valence-electron chi connectivity index (χ1n) is 12.0. The van der Waals surface area contributed by atoms with E-state index in [1.807, 2.05) is 35.4 Å². The molecule has 39 heavy (non-hydrogen) atoms. The van der Waals surface area contributed by atoms with Crippen molar-refractivity contribution < 1.29 is 27.9 Å². The van der Waals surface area contributed by atoms with Gasteiger partial charge in [-0.2, -0.15) is 13.2 Å². The molecule has 1 aromatic heterocycles. The number of nitrogens with one attached hydrogen (secondary N) is 1. The molecule has 204 valence electrons. The molecule has 6 nitrogen and oxygen atoms in total. The summed E-state index contributed by atoms with van der Waals surface area (Å²) in [5.74, 6) is -1.42. The second-order valence-corrected chi connectivity index (χ2v) is 10.9. The highest BCUT2D eigenvalue weighted by Crippen LogP contribution is 2.36. The van der Waals surface area contributed by atoms with Gasteiger partial charge < -0.3 is 15.3 Å². The normalized spacial score (nSPS) is 17.0. The maximum Gasteiger partial charge on any atom is 0.416 e. The standard InChI is InChI=1S/C28H25ClF3N3O3S/c1-27(29)13-10-19(11-14-27)23-17-39-26(34-23)35(16-18-2-6-21(7-3-18)28(30,31)32)22-8-4-20(5-9-22)25(38)33-15-12-24(36)37/h2-11,13,17H,12,14-16H2,1H3,(H,33,38)(H,36,37). The molecule has 1 amide bonds. The van der Waals surface area contributed by atoms with Crippen LogP contribution in [0.15, 0.2) is 72.1 Å². The van der Waals surface area contributed by atoms with Crippen molar-refractivity contribution >= 4 is 51.2 Å². The van der Waals surface area contributed by atoms with Crippen LogP contribution in [-0.2, 0) is 17.5 Å². The molecule has 0 spiro atoms. The second-order valence-electron chi connectivity index (χ2n) is 9.22. The number of nitrogens with zero attached hydrogens (tertiary/aromatic N) is 2. The fourth-order valence-electron chi connectivity index (χ4n) is 3.85. The highest BCUT2D eigenvalue weighted by Gasteiger charge is 2.30. The quantitative estimate of drug-likeness (QED) is 0.267. The molecule has 0 saturated carbocycles. The largest absolute Gasteiger partial charge is 0.481 e. The molecule has 0 aliphatic heterocycles. The Hall–Kier alpha value is -3.63. The molecule has 4 rings (SSSR count). The van der Waals surface area contributed by atoms with E-state index in [1.54, 1.807) is 24.3 Å². The van der Waals surface area contributed by atoms with Crippen molar-refractivity contribution in [2.75, 3.05) is 11.4 Å². The molecular formula is C28H25ClF3N3O3S. The third kappa shape index (κ3) is 7.48. The van der Waals surface area contributed by atoms with Crippen LogP contribution in [0.4, 0.5) is 24.0 Å². The topological polar surface area (TPSA) is 82.5 Å². The highest BCUT2D eigenvalue weighted by atomic mass is 35.5. The molecular weight excluding hydrogens is 551 g/mol. The van der Waals surface area contributed by atoms with Gasteiger partial charge in [0.1, 0.15) is 0 Å². The Balaban J connectivity index is 1.60. The van der Waals surface area contributed by atoms with Crippen LogP contribution in [0.2, 0.25) is 0 Å². The predicted octanol–water partition coefficient (Wildman–Crippen LogP) is 7.05. The van der Waals surface area contributed by atoms with E-state index in [0.717, 1.165) is 23.4 Å². The van der Waals surface area contributed by atoms with Gasteiger partial charge in [0, 0.05) is 23.2 Å². The maximum atomic E-state index is 13.1. The van der Waals surface area contributed by atoms with Crippen molar-refractivity contribution in [1.82, 2.24) is 10.3 Å². The summed E-state index contributed by atoms with van der Waals surface area (Å²) in [7, 11) is 0. The number of carboxylic acids is 1. The number of thiazole rings is 1. The fourth-order valence-corrected chi connectivity index (χ4v) is 4.84. The summed E-state index contributed by atoms with van der Waals surface area (Å²) in [4.78, 5) is 29.3. The number of anilines is 2. The minimum atomic E-state index is -4.43. The molecule has 1 atom stereocenters. The monoisotopic (exact) mass is 575 g/mol. The number of aromatic nitrogens is 1. The Kier molecular flexibility index (Phi) is 8.46. The molecule has 11 heteroatoms. The van der Waals surface area contributed by atoms with E-state index in [-0.39, 0.29) is 19.5 Å². The van der Waals surface area contributed by atoms with Gasteiger partial charge >= 0.3 is 12.1 Å². The Bertz CT molecular complexity index is 1400. The van der Waals surface area contributed by atoms with Gasteiger partial charge in [0.2, 0.25) is 0 Å². The van der Waals surface area contributed by atoms with Gasteiger partial charge in [-0.3, -0.25) is 9.59 Å². The molecule has 1 aliphatic carbocycles. The summed E-state index contributed by atoms with van der Waals surface area (Å²) in [6.45, 7) is 2.17. The summed E-state index contributed by atoms with van der Waals surface area (Å²) in [5.41, 5.74) is 2.63. The summed E-state index contributed by atoms with van der Waals surface area (Å²) in [5, 5.41) is 13.8. The van der Waals surface area contributed by atoms with Crippen LogP contribution in [-0.4, -0.2) is 33.4 Å². The number of amides is 1. The average Bonchev–Trinajstić information content (AvgIpc) is 3.37. The fraction of sp³-hybridized carbons (Fsp3) is 0.250. The molecule has 0 bridgehead atoms. The lowest BCUT2D eigenvalue weighted by Gasteiger charge is -2.23. The van der Waals surface area contributed by atoms with Crippen molar-refractivity contribution in [2.24, 2.45) is 0 Å². The highest BCUT2D eigenvalue weighted by molar-refractivity contribution is 7.14. The van der Waals surface area contributed by atoms with E-state index in [2.05, 4.69) is 5.32 Å². The lowest BCUT2D eigenvalue weighted by molar-refractivity contribution is -0.138. The van der Waals surface area contributed by atoms with Crippen LogP contribution in [0, 0.1) is 0 Å². The van der Waals surface area contributed by atoms with Gasteiger partial charge in [0.15, 0.2) is 5.13 Å². The zero-order valence-corrected chi connectivity index (χ0v) is 22.4. The van der Waals surface area contributed by atoms with Crippen molar-refractivity contribution in [3.05, 3.63) is 94.5 Å². The molecule has 0 fully saturated rings. The lowest BCUT2D eigenvalue weighted by Crippen LogP contribution is -2.26. The smallest absolute Gasteiger partial charge is 0.416 e. The van der Waals surface area contributed by atoms with Crippen molar-refractivity contribution in [1.29, 1.82) is 0 Å². The molecule has 2 N–H and O–H groups in total. The Morgan fingerprint density at radius 1 is 1.15 bits per heavy atom. The van der Waals surface area contributed by atoms with Gasteiger partial charge in [-0.05, 0) is 60.9 Å². The van der Waals surface area contributed by atoms with Gasteiger partial charge in [-0.1, -0.05) is 30.4 Å². The number of rotatable bonds is 9. The first kappa shape index (κ1) is 28.4. The van der Waals surface area contributed by atoms with E-state index in [4.69, 9.17) is 21.7 Å². The number of hydrogen-bond acceptors (Lipinski definition) is 5. The zero-order valence-electron chi connectivity index (χ0n) is 20.8. The van der Waals surface area contributed by atoms with Gasteiger partial charge in [0.25, 0.3) is 5.91 Å². The number of allylic oxidation sites excluding steroid dienone is 4. The molecule has 0 radical (unpaired) electrons. The van der Waals surface area contributed by atoms with Crippen molar-refractivity contribution in [3.63, 3.8) is 0 Å². The maximum absolute atomic E-state index is 13.1. The van der Waals surface area contributed by atoms with E-state index in [9.17, 15) is 22.8 Å². The second kappa shape index (κ2) is 11.6. The van der Waals surface area contributed by atoms with Crippen molar-refractivity contribution in [3.8, 4) is 0 Å². The summed E-state index contributed by atoms with van der Waals surface area (Å²) in [6.07, 6.45) is 1.90. The van der Waals surface area contributed by atoms with Crippen LogP contribution in [0.25, 0.3) is 5.57 Å². The summed E-state index contributed by atoms with van der Waals surface area (Å²) < 4.78 is 39.2. The minimum Gasteiger partial charge on any atom is -0.481 e. The van der Waals surface area contributed by atoms with Gasteiger partial charge in [-0.25, -0.2) is 4.98 Å². The third-order valence-corrected chi connectivity index (χ3v) is 7.18. The Labute approximate surface area is 232 Å². The molecule has 0 saturated heterocycles. The number of carboxylic acid groups (broad SMARTS) is 1. The number of halogens is 4. The summed E-state index contributed by atoms with van der Waals surface area (Å²) >= 11 is 7.77. The van der Waals surface area contributed by atoms with E-state index in [0.29, 0.717) is 28.4 Å². The molecule has 2 aromatic carbocycles. The van der Waals surface area contributed by atoms with Crippen LogP contribution in [0.3, 0.4) is 0 Å². The number of carbonyl (C=O) groups is 2. The number of benzene rings is 2. The third-order valence-electron chi connectivity index (χ3n) is 6.04. The Morgan fingerprint density at radius 3 is 2.44 bits per heavy atom. The van der Waals surface area contributed by atoms with Crippen LogP contribution >= 0.6 is 22.9 Å². The molecule has 1 heterocycles. The first-order chi connectivity index (χ1) is 18.4. The van der Waals surface area contributed by atoms with Gasteiger partial charge in [0.05, 0.1) is 29.1 Å². The van der Waals surface area contributed by atoms with E-state index >= 15 is 0 Å². The van der Waals surface area contributed by atoms with Gasteiger partial charge in [-0.15, -0.1) is 22.9 Å². The number of hydrogen-bond donors (Lipinski definition) is 2. The first-order valence-corrected chi connectivity index (χ1v) is 13.2. The number of aliphatic carboxylic acids is 1. The van der Waals surface area contributed by atoms with Crippen LogP contribution in [0.5, 0.6) is 0 Å². The Morgan fingerprint density at radius 2 is 1.85 bits per heavy atom. The van der Waals surface area contributed by atoms with E-state index < -0.39 is 28.5 Å². The van der Waals surface area contributed by atoms with E-state index in [1.165, 1.54) is 23.5 Å². The molecule has 1 aliphatic rings. The number of alkyl halides is 4. The summed E-state index contributed by atoms with van der Waals surface area (Å²) in [6, 6.07) is 11.6. The number of carbonyl (C=O) groups excluding carboxylic acids is 1. The predicted molar refractivity (Wildman–Crippen MR) is 146 cm³/mol. The molecule has 3 aromatic rings. The lowest BCUT2D eigenvalue weighted by atomic mass is 9.96. The molecule has 1 unspecified atom stereocenters. The van der Waals surface area contributed by atoms with Crippen LogP contribution < -0.4 is 10.2 Å². The minimum absolute atomic E-state index is 0.00498.